The second kappa shape index (κ2) is 8.21. The van der Waals surface area contributed by atoms with Crippen molar-refractivity contribution in [3.8, 4) is 5.75 Å². The molecule has 0 aliphatic heterocycles. The maximum atomic E-state index is 11.7. The number of carbonyl (C=O) groups is 1. The maximum Gasteiger partial charge on any atom is 0.437 e. The van der Waals surface area contributed by atoms with Gasteiger partial charge in [0.15, 0.2) is 0 Å². The lowest BCUT2D eigenvalue weighted by Gasteiger charge is -2.11. The smallest absolute Gasteiger partial charge is 0.437 e. The van der Waals surface area contributed by atoms with Crippen molar-refractivity contribution in [2.75, 3.05) is 31.4 Å². The van der Waals surface area contributed by atoms with Gasteiger partial charge in [0, 0.05) is 25.5 Å². The highest BCUT2D eigenvalue weighted by Gasteiger charge is 2.06. The van der Waals surface area contributed by atoms with Gasteiger partial charge in [-0.3, -0.25) is 10.2 Å². The summed E-state index contributed by atoms with van der Waals surface area (Å²) in [6.07, 6.45) is 0.748. The third-order valence-electron chi connectivity index (χ3n) is 3.15. The first-order valence-corrected chi connectivity index (χ1v) is 7.49. The summed E-state index contributed by atoms with van der Waals surface area (Å²) in [7, 11) is 5.44. The van der Waals surface area contributed by atoms with Gasteiger partial charge in [-0.1, -0.05) is 28.9 Å². The van der Waals surface area contributed by atoms with Crippen molar-refractivity contribution in [1.29, 1.82) is 0 Å². The molecule has 0 atom stereocenters. The summed E-state index contributed by atoms with van der Waals surface area (Å²) >= 11 is 5.98. The van der Waals surface area contributed by atoms with E-state index in [4.69, 9.17) is 21.2 Å². The molecular weight excluding hydrogens is 330 g/mol. The summed E-state index contributed by atoms with van der Waals surface area (Å²) in [5.41, 5.74) is 2.37. The molecule has 2 aromatic carbocycles. The van der Waals surface area contributed by atoms with Crippen LogP contribution in [0.1, 0.15) is 5.56 Å². The zero-order valence-electron chi connectivity index (χ0n) is 13.6. The Bertz CT molecular complexity index is 730. The number of nitrogens with zero attached hydrogens (tertiary/aromatic N) is 2. The molecule has 2 rings (SSSR count). The molecule has 0 aliphatic rings. The van der Waals surface area contributed by atoms with Crippen molar-refractivity contribution in [1.82, 2.24) is 0 Å². The Kier molecular flexibility index (Phi) is 6.03. The van der Waals surface area contributed by atoms with E-state index in [-0.39, 0.29) is 0 Å². The predicted molar refractivity (Wildman–Crippen MR) is 96.5 cm³/mol. The van der Waals surface area contributed by atoms with Crippen molar-refractivity contribution in [3.63, 3.8) is 0 Å². The number of carbonyl (C=O) groups excluding carboxylic acids is 1. The zero-order chi connectivity index (χ0) is 17.5. The molecule has 24 heavy (non-hydrogen) atoms. The van der Waals surface area contributed by atoms with Crippen molar-refractivity contribution < 1.29 is 14.4 Å². The highest BCUT2D eigenvalue weighted by atomic mass is 35.5. The molecule has 0 spiro atoms. The molecule has 126 valence electrons. The average molecular weight is 348 g/mol. The fourth-order valence-electron chi connectivity index (χ4n) is 1.88. The average Bonchev–Trinajstić information content (AvgIpc) is 2.55. The quantitative estimate of drug-likeness (QED) is 0.504. The molecule has 0 saturated carbocycles. The van der Waals surface area contributed by atoms with E-state index < -0.39 is 6.09 Å². The van der Waals surface area contributed by atoms with Crippen LogP contribution in [0.3, 0.4) is 0 Å². The highest BCUT2D eigenvalue weighted by molar-refractivity contribution is 6.32. The van der Waals surface area contributed by atoms with Gasteiger partial charge in [-0.25, -0.2) is 4.79 Å². The van der Waals surface area contributed by atoms with E-state index in [0.717, 1.165) is 11.3 Å². The van der Waals surface area contributed by atoms with Crippen LogP contribution < -0.4 is 15.0 Å². The van der Waals surface area contributed by atoms with Crippen molar-refractivity contribution in [2.45, 2.75) is 0 Å². The SMILES string of the molecule is COc1ccc(NC(=O)O/N=C/c2ccc(N(C)C)cc2)cc1Cl. The summed E-state index contributed by atoms with van der Waals surface area (Å²) in [5.74, 6) is 0.523. The number of methoxy groups -OCH3 is 1. The molecule has 1 N–H and O–H groups in total. The van der Waals surface area contributed by atoms with Crippen LogP contribution in [0.25, 0.3) is 0 Å². The molecule has 0 aromatic heterocycles. The summed E-state index contributed by atoms with van der Waals surface area (Å²) in [6, 6.07) is 12.5. The van der Waals surface area contributed by atoms with Crippen LogP contribution in [-0.4, -0.2) is 33.5 Å². The largest absolute Gasteiger partial charge is 0.495 e. The number of anilines is 2. The zero-order valence-corrected chi connectivity index (χ0v) is 14.4. The van der Waals surface area contributed by atoms with E-state index in [9.17, 15) is 4.79 Å². The Morgan fingerprint density at radius 3 is 2.50 bits per heavy atom. The number of nitrogens with one attached hydrogen (secondary N) is 1. The fourth-order valence-corrected chi connectivity index (χ4v) is 2.14. The molecule has 1 amide bonds. The third kappa shape index (κ3) is 4.89. The number of halogens is 1. The second-order valence-corrected chi connectivity index (χ2v) is 5.48. The Hall–Kier alpha value is -2.73. The minimum Gasteiger partial charge on any atom is -0.495 e. The van der Waals surface area contributed by atoms with Crippen molar-refractivity contribution in [2.24, 2.45) is 5.16 Å². The van der Waals surface area contributed by atoms with Crippen molar-refractivity contribution >= 4 is 35.3 Å². The maximum absolute atomic E-state index is 11.7. The molecule has 2 aromatic rings. The fraction of sp³-hybridized carbons (Fsp3) is 0.176. The van der Waals surface area contributed by atoms with Crippen molar-refractivity contribution in [3.05, 3.63) is 53.1 Å². The van der Waals surface area contributed by atoms with Crippen LogP contribution in [0.15, 0.2) is 47.6 Å². The van der Waals surface area contributed by atoms with Gasteiger partial charge in [-0.15, -0.1) is 0 Å². The summed E-state index contributed by atoms with van der Waals surface area (Å²) in [6.45, 7) is 0. The summed E-state index contributed by atoms with van der Waals surface area (Å²) in [5, 5.41) is 6.57. The van der Waals surface area contributed by atoms with Crippen LogP contribution in [0.2, 0.25) is 5.02 Å². The first-order chi connectivity index (χ1) is 11.5. The molecule has 6 nitrogen and oxygen atoms in total. The van der Waals surface area contributed by atoms with E-state index in [2.05, 4.69) is 10.5 Å². The predicted octanol–water partition coefficient (Wildman–Crippen LogP) is 4.00. The van der Waals surface area contributed by atoms with Crippen LogP contribution in [0.4, 0.5) is 16.2 Å². The Labute approximate surface area is 145 Å². The Morgan fingerprint density at radius 2 is 1.92 bits per heavy atom. The van der Waals surface area contributed by atoms with Gasteiger partial charge in [0.05, 0.1) is 18.3 Å². The van der Waals surface area contributed by atoms with Crippen LogP contribution in [0, 0.1) is 0 Å². The molecule has 0 bridgehead atoms. The third-order valence-corrected chi connectivity index (χ3v) is 3.44. The van der Waals surface area contributed by atoms with Gasteiger partial charge in [-0.2, -0.15) is 0 Å². The lowest BCUT2D eigenvalue weighted by atomic mass is 10.2. The number of oxime groups is 1. The number of benzene rings is 2. The van der Waals surface area contributed by atoms with Gasteiger partial charge in [0.25, 0.3) is 0 Å². The van der Waals surface area contributed by atoms with Crippen LogP contribution >= 0.6 is 11.6 Å². The van der Waals surface area contributed by atoms with Crippen LogP contribution in [-0.2, 0) is 4.84 Å². The Morgan fingerprint density at radius 1 is 1.21 bits per heavy atom. The number of rotatable bonds is 5. The van der Waals surface area contributed by atoms with E-state index in [1.807, 2.05) is 43.3 Å². The molecule has 0 heterocycles. The van der Waals surface area contributed by atoms with Gasteiger partial charge in [0.1, 0.15) is 5.75 Å². The van der Waals surface area contributed by atoms with Gasteiger partial charge in [0.2, 0.25) is 0 Å². The first kappa shape index (κ1) is 17.6. The molecule has 0 fully saturated rings. The number of ether oxygens (including phenoxy) is 1. The molecule has 0 aliphatic carbocycles. The monoisotopic (exact) mass is 347 g/mol. The number of amides is 1. The topological polar surface area (TPSA) is 63.2 Å². The first-order valence-electron chi connectivity index (χ1n) is 7.12. The van der Waals surface area contributed by atoms with E-state index in [1.54, 1.807) is 18.2 Å². The molecule has 7 heteroatoms. The van der Waals surface area contributed by atoms with Crippen LogP contribution in [0.5, 0.6) is 5.75 Å². The lowest BCUT2D eigenvalue weighted by molar-refractivity contribution is 0.167. The second-order valence-electron chi connectivity index (χ2n) is 5.07. The molecular formula is C17H18ClN3O3. The molecule has 0 radical (unpaired) electrons. The normalized spacial score (nSPS) is 10.5. The molecule has 0 saturated heterocycles. The van der Waals surface area contributed by atoms with E-state index in [1.165, 1.54) is 13.3 Å². The standard InChI is InChI=1S/C17H18ClN3O3/c1-21(2)14-7-4-12(5-8-14)11-19-24-17(22)20-13-6-9-16(23-3)15(18)10-13/h4-11H,1-3H3,(H,20,22)/b19-11+. The van der Waals surface area contributed by atoms with E-state index in [0.29, 0.717) is 16.5 Å². The number of hydrogen-bond acceptors (Lipinski definition) is 5. The Balaban J connectivity index is 1.89. The van der Waals surface area contributed by atoms with Gasteiger partial charge in [-0.05, 0) is 35.9 Å². The van der Waals surface area contributed by atoms with Gasteiger partial charge >= 0.3 is 6.09 Å². The van der Waals surface area contributed by atoms with E-state index >= 15 is 0 Å². The minimum atomic E-state index is -0.711. The minimum absolute atomic E-state index is 0.389. The highest BCUT2D eigenvalue weighted by Crippen LogP contribution is 2.27. The summed E-state index contributed by atoms with van der Waals surface area (Å²) in [4.78, 5) is 18.4. The number of hydrogen-bond donors (Lipinski definition) is 1. The van der Waals surface area contributed by atoms with Gasteiger partial charge < -0.3 is 9.64 Å². The lowest BCUT2D eigenvalue weighted by Crippen LogP contribution is -2.11. The molecule has 0 unspecified atom stereocenters. The summed E-state index contributed by atoms with van der Waals surface area (Å²) < 4.78 is 5.04.